The summed E-state index contributed by atoms with van der Waals surface area (Å²) in [7, 11) is 0. The lowest BCUT2D eigenvalue weighted by molar-refractivity contribution is 0.116. The highest BCUT2D eigenvalue weighted by Gasteiger charge is 1.96. The molecule has 3 heteroatoms. The molecular formula is C11H16ClNO. The van der Waals surface area contributed by atoms with Gasteiger partial charge < -0.3 is 10.5 Å². The zero-order chi connectivity index (χ0) is 9.52. The van der Waals surface area contributed by atoms with E-state index in [1.165, 1.54) is 5.56 Å². The van der Waals surface area contributed by atoms with E-state index in [-0.39, 0.29) is 18.4 Å². The van der Waals surface area contributed by atoms with Gasteiger partial charge in [0.05, 0.1) is 13.2 Å². The minimum absolute atomic E-state index is 0. The smallest absolute Gasteiger partial charge is 0.0717 e. The van der Waals surface area contributed by atoms with Crippen molar-refractivity contribution >= 4 is 12.4 Å². The normalized spacial score (nSPS) is 11.5. The van der Waals surface area contributed by atoms with Gasteiger partial charge in [-0.05, 0) is 5.56 Å². The van der Waals surface area contributed by atoms with Crippen molar-refractivity contribution < 1.29 is 4.74 Å². The Balaban J connectivity index is 0.00000169. The van der Waals surface area contributed by atoms with E-state index in [4.69, 9.17) is 10.5 Å². The molecule has 1 aromatic rings. The van der Waals surface area contributed by atoms with Crippen LogP contribution in [0.15, 0.2) is 43.0 Å². The van der Waals surface area contributed by atoms with Gasteiger partial charge in [0.15, 0.2) is 0 Å². The second-order valence-electron chi connectivity index (χ2n) is 2.90. The summed E-state index contributed by atoms with van der Waals surface area (Å²) in [6.07, 6.45) is 1.69. The van der Waals surface area contributed by atoms with Crippen LogP contribution in [0.25, 0.3) is 0 Å². The maximum absolute atomic E-state index is 5.59. The molecule has 0 aliphatic carbocycles. The van der Waals surface area contributed by atoms with Crippen molar-refractivity contribution in [1.29, 1.82) is 0 Å². The molecule has 1 unspecified atom stereocenters. The highest BCUT2D eigenvalue weighted by atomic mass is 35.5. The van der Waals surface area contributed by atoms with Crippen LogP contribution in [0, 0.1) is 0 Å². The van der Waals surface area contributed by atoms with Gasteiger partial charge >= 0.3 is 0 Å². The molecule has 78 valence electrons. The zero-order valence-electron chi connectivity index (χ0n) is 8.06. The molecule has 1 rings (SSSR count). The van der Waals surface area contributed by atoms with Crippen molar-refractivity contribution in [3.63, 3.8) is 0 Å². The maximum Gasteiger partial charge on any atom is 0.0717 e. The quantitative estimate of drug-likeness (QED) is 0.761. The number of hydrogen-bond donors (Lipinski definition) is 1. The van der Waals surface area contributed by atoms with E-state index in [0.717, 1.165) is 0 Å². The summed E-state index contributed by atoms with van der Waals surface area (Å²) in [6, 6.07) is 9.96. The third-order valence-electron chi connectivity index (χ3n) is 1.72. The van der Waals surface area contributed by atoms with E-state index in [1.807, 2.05) is 30.3 Å². The number of hydrogen-bond acceptors (Lipinski definition) is 2. The predicted molar refractivity (Wildman–Crippen MR) is 61.5 cm³/mol. The molecule has 14 heavy (non-hydrogen) atoms. The molecule has 2 nitrogen and oxygen atoms in total. The first-order valence-electron chi connectivity index (χ1n) is 4.32. The van der Waals surface area contributed by atoms with Crippen LogP contribution in [0.1, 0.15) is 5.56 Å². The fourth-order valence-electron chi connectivity index (χ4n) is 0.955. The van der Waals surface area contributed by atoms with E-state index in [1.54, 1.807) is 6.08 Å². The maximum atomic E-state index is 5.59. The van der Waals surface area contributed by atoms with Crippen LogP contribution in [0.4, 0.5) is 0 Å². The van der Waals surface area contributed by atoms with Gasteiger partial charge in [-0.25, -0.2) is 0 Å². The summed E-state index contributed by atoms with van der Waals surface area (Å²) >= 11 is 0. The Morgan fingerprint density at radius 3 is 2.57 bits per heavy atom. The van der Waals surface area contributed by atoms with Gasteiger partial charge in [0, 0.05) is 6.04 Å². The molecule has 0 bridgehead atoms. The lowest BCUT2D eigenvalue weighted by Crippen LogP contribution is -2.22. The Morgan fingerprint density at radius 1 is 1.36 bits per heavy atom. The van der Waals surface area contributed by atoms with Gasteiger partial charge in [-0.3, -0.25) is 0 Å². The van der Waals surface area contributed by atoms with Crippen molar-refractivity contribution in [1.82, 2.24) is 0 Å². The van der Waals surface area contributed by atoms with Crippen molar-refractivity contribution in [3.05, 3.63) is 48.6 Å². The van der Waals surface area contributed by atoms with Gasteiger partial charge in [-0.15, -0.1) is 19.0 Å². The Hall–Kier alpha value is -0.830. The third kappa shape index (κ3) is 5.02. The largest absolute Gasteiger partial charge is 0.375 e. The van der Waals surface area contributed by atoms with Gasteiger partial charge in [0.1, 0.15) is 0 Å². The third-order valence-corrected chi connectivity index (χ3v) is 1.72. The lowest BCUT2D eigenvalue weighted by Gasteiger charge is -2.07. The zero-order valence-corrected chi connectivity index (χ0v) is 8.87. The molecule has 0 saturated carbocycles. The van der Waals surface area contributed by atoms with E-state index in [0.29, 0.717) is 13.2 Å². The molecule has 0 heterocycles. The van der Waals surface area contributed by atoms with E-state index in [2.05, 4.69) is 6.58 Å². The van der Waals surface area contributed by atoms with Gasteiger partial charge in [0.25, 0.3) is 0 Å². The number of nitrogens with two attached hydrogens (primary N) is 1. The fraction of sp³-hybridized carbons (Fsp3) is 0.273. The standard InChI is InChI=1S/C11H15NO.ClH/c1-2-11(12)9-13-8-10-6-4-3-5-7-10;/h2-7,11H,1,8-9,12H2;1H. The molecule has 0 fully saturated rings. The molecule has 2 N–H and O–H groups in total. The Kier molecular flexibility index (Phi) is 7.11. The molecule has 1 atom stereocenters. The average molecular weight is 214 g/mol. The Morgan fingerprint density at radius 2 is 2.00 bits per heavy atom. The SMILES string of the molecule is C=CC(N)COCc1ccccc1.Cl. The van der Waals surface area contributed by atoms with Crippen LogP contribution in [0.3, 0.4) is 0 Å². The summed E-state index contributed by atoms with van der Waals surface area (Å²) in [5.41, 5.74) is 6.76. The first-order valence-corrected chi connectivity index (χ1v) is 4.32. The molecule has 0 aromatic heterocycles. The van der Waals surface area contributed by atoms with Crippen LogP contribution in [-0.2, 0) is 11.3 Å². The van der Waals surface area contributed by atoms with Crippen LogP contribution in [0.5, 0.6) is 0 Å². The van der Waals surface area contributed by atoms with Crippen molar-refractivity contribution in [2.24, 2.45) is 5.73 Å². The summed E-state index contributed by atoms with van der Waals surface area (Å²) in [5, 5.41) is 0. The highest BCUT2D eigenvalue weighted by Crippen LogP contribution is 2.00. The molecule has 0 aliphatic rings. The van der Waals surface area contributed by atoms with E-state index < -0.39 is 0 Å². The monoisotopic (exact) mass is 213 g/mol. The van der Waals surface area contributed by atoms with Gasteiger partial charge in [0.2, 0.25) is 0 Å². The minimum Gasteiger partial charge on any atom is -0.375 e. The number of ether oxygens (including phenoxy) is 1. The number of rotatable bonds is 5. The molecule has 0 amide bonds. The number of halogens is 1. The van der Waals surface area contributed by atoms with Crippen LogP contribution in [0.2, 0.25) is 0 Å². The first kappa shape index (κ1) is 13.2. The van der Waals surface area contributed by atoms with Crippen molar-refractivity contribution in [2.45, 2.75) is 12.6 Å². The second kappa shape index (κ2) is 7.56. The van der Waals surface area contributed by atoms with Gasteiger partial charge in [-0.1, -0.05) is 36.4 Å². The molecule has 1 aromatic carbocycles. The fourth-order valence-corrected chi connectivity index (χ4v) is 0.955. The Labute approximate surface area is 91.2 Å². The predicted octanol–water partition coefficient (Wildman–Crippen LogP) is 2.14. The minimum atomic E-state index is -0.0660. The second-order valence-corrected chi connectivity index (χ2v) is 2.90. The number of benzene rings is 1. The van der Waals surface area contributed by atoms with E-state index >= 15 is 0 Å². The summed E-state index contributed by atoms with van der Waals surface area (Å²) in [4.78, 5) is 0. The Bertz CT molecular complexity index is 251. The average Bonchev–Trinajstić information content (AvgIpc) is 2.19. The van der Waals surface area contributed by atoms with Crippen LogP contribution in [-0.4, -0.2) is 12.6 Å². The van der Waals surface area contributed by atoms with Crippen molar-refractivity contribution in [2.75, 3.05) is 6.61 Å². The van der Waals surface area contributed by atoms with Gasteiger partial charge in [-0.2, -0.15) is 0 Å². The molecule has 0 spiro atoms. The van der Waals surface area contributed by atoms with Crippen LogP contribution >= 0.6 is 12.4 Å². The van der Waals surface area contributed by atoms with Crippen LogP contribution < -0.4 is 5.73 Å². The highest BCUT2D eigenvalue weighted by molar-refractivity contribution is 5.85. The molecule has 0 aliphatic heterocycles. The summed E-state index contributed by atoms with van der Waals surface area (Å²) in [5.74, 6) is 0. The summed E-state index contributed by atoms with van der Waals surface area (Å²) < 4.78 is 5.38. The van der Waals surface area contributed by atoms with E-state index in [9.17, 15) is 0 Å². The molecule has 0 radical (unpaired) electrons. The molecule has 0 saturated heterocycles. The first-order chi connectivity index (χ1) is 6.33. The summed E-state index contributed by atoms with van der Waals surface area (Å²) in [6.45, 7) is 4.72. The lowest BCUT2D eigenvalue weighted by atomic mass is 10.2. The molecular weight excluding hydrogens is 198 g/mol. The topological polar surface area (TPSA) is 35.2 Å². The van der Waals surface area contributed by atoms with Crippen molar-refractivity contribution in [3.8, 4) is 0 Å².